The maximum Gasteiger partial charge on any atom is -0.00190 e. The van der Waals surface area contributed by atoms with Crippen molar-refractivity contribution in [1.82, 2.24) is 4.90 Å². The van der Waals surface area contributed by atoms with Crippen molar-refractivity contribution in [2.24, 2.45) is 5.92 Å². The monoisotopic (exact) mass is 215 g/mol. The molecule has 0 atom stereocenters. The standard InChI is InChI=1S/C15H21N/c1-3-13-4-6-14(7-5-13)12-15-8-10-16(2)11-9-15/h3-7,15H,1,8-12H2,2H3. The van der Waals surface area contributed by atoms with Crippen LogP contribution in [0.15, 0.2) is 30.8 Å². The van der Waals surface area contributed by atoms with Gasteiger partial charge in [-0.3, -0.25) is 0 Å². The highest BCUT2D eigenvalue weighted by Gasteiger charge is 2.16. The molecule has 0 unspecified atom stereocenters. The quantitative estimate of drug-likeness (QED) is 0.748. The van der Waals surface area contributed by atoms with Crippen LogP contribution in [0.4, 0.5) is 0 Å². The third-order valence-corrected chi connectivity index (χ3v) is 3.58. The molecule has 1 saturated heterocycles. The Kier molecular flexibility index (Phi) is 3.79. The maximum absolute atomic E-state index is 3.78. The molecule has 1 heteroatoms. The number of piperidine rings is 1. The van der Waals surface area contributed by atoms with Crippen molar-refractivity contribution in [2.45, 2.75) is 19.3 Å². The van der Waals surface area contributed by atoms with Crippen LogP contribution in [0.2, 0.25) is 0 Å². The van der Waals surface area contributed by atoms with Crippen LogP contribution in [0.25, 0.3) is 6.08 Å². The average molecular weight is 215 g/mol. The van der Waals surface area contributed by atoms with E-state index in [2.05, 4.69) is 42.8 Å². The van der Waals surface area contributed by atoms with Crippen molar-refractivity contribution in [3.8, 4) is 0 Å². The van der Waals surface area contributed by atoms with Gasteiger partial charge in [-0.2, -0.15) is 0 Å². The molecule has 1 aromatic rings. The Balaban J connectivity index is 1.91. The van der Waals surface area contributed by atoms with Gasteiger partial charge < -0.3 is 4.90 Å². The molecule has 1 aliphatic rings. The van der Waals surface area contributed by atoms with Crippen molar-refractivity contribution < 1.29 is 0 Å². The fourth-order valence-electron chi connectivity index (χ4n) is 2.39. The molecule has 1 nitrogen and oxygen atoms in total. The number of rotatable bonds is 3. The zero-order chi connectivity index (χ0) is 11.4. The Bertz CT molecular complexity index is 331. The van der Waals surface area contributed by atoms with Crippen LogP contribution in [-0.2, 0) is 6.42 Å². The summed E-state index contributed by atoms with van der Waals surface area (Å²) >= 11 is 0. The number of nitrogens with zero attached hydrogens (tertiary/aromatic N) is 1. The Morgan fingerprint density at radius 1 is 1.25 bits per heavy atom. The van der Waals surface area contributed by atoms with E-state index in [9.17, 15) is 0 Å². The van der Waals surface area contributed by atoms with Gasteiger partial charge in [0.25, 0.3) is 0 Å². The van der Waals surface area contributed by atoms with E-state index in [4.69, 9.17) is 0 Å². The molecule has 16 heavy (non-hydrogen) atoms. The fraction of sp³-hybridized carbons (Fsp3) is 0.467. The molecular weight excluding hydrogens is 194 g/mol. The maximum atomic E-state index is 3.78. The summed E-state index contributed by atoms with van der Waals surface area (Å²) in [6.45, 7) is 6.30. The smallest absolute Gasteiger partial charge is 0.00190 e. The number of hydrogen-bond donors (Lipinski definition) is 0. The zero-order valence-corrected chi connectivity index (χ0v) is 10.2. The topological polar surface area (TPSA) is 3.24 Å². The first kappa shape index (κ1) is 11.4. The molecule has 0 bridgehead atoms. The van der Waals surface area contributed by atoms with Crippen molar-refractivity contribution >= 4 is 6.08 Å². The molecule has 1 aliphatic heterocycles. The van der Waals surface area contributed by atoms with Crippen LogP contribution in [0.3, 0.4) is 0 Å². The molecule has 0 saturated carbocycles. The summed E-state index contributed by atoms with van der Waals surface area (Å²) in [4.78, 5) is 2.43. The van der Waals surface area contributed by atoms with E-state index in [1.165, 1.54) is 43.5 Å². The normalized spacial score (nSPS) is 18.6. The minimum absolute atomic E-state index is 0.880. The van der Waals surface area contributed by atoms with Crippen molar-refractivity contribution in [3.05, 3.63) is 42.0 Å². The van der Waals surface area contributed by atoms with Gasteiger partial charge >= 0.3 is 0 Å². The second-order valence-electron chi connectivity index (χ2n) is 4.90. The van der Waals surface area contributed by atoms with Crippen molar-refractivity contribution in [3.63, 3.8) is 0 Å². The van der Waals surface area contributed by atoms with Crippen LogP contribution < -0.4 is 0 Å². The second-order valence-corrected chi connectivity index (χ2v) is 4.90. The van der Waals surface area contributed by atoms with Crippen LogP contribution in [-0.4, -0.2) is 25.0 Å². The second kappa shape index (κ2) is 5.31. The lowest BCUT2D eigenvalue weighted by molar-refractivity contribution is 0.219. The average Bonchev–Trinajstić information content (AvgIpc) is 2.33. The van der Waals surface area contributed by atoms with E-state index in [-0.39, 0.29) is 0 Å². The summed E-state index contributed by atoms with van der Waals surface area (Å²) in [5.41, 5.74) is 2.69. The fourth-order valence-corrected chi connectivity index (χ4v) is 2.39. The number of likely N-dealkylation sites (tertiary alicyclic amines) is 1. The summed E-state index contributed by atoms with van der Waals surface area (Å²) in [6.07, 6.45) is 5.84. The van der Waals surface area contributed by atoms with Crippen LogP contribution >= 0.6 is 0 Å². The Morgan fingerprint density at radius 3 is 2.44 bits per heavy atom. The van der Waals surface area contributed by atoms with Gasteiger partial charge in [-0.15, -0.1) is 0 Å². The lowest BCUT2D eigenvalue weighted by Crippen LogP contribution is -2.30. The third kappa shape index (κ3) is 2.96. The molecule has 0 spiro atoms. The van der Waals surface area contributed by atoms with Crippen molar-refractivity contribution in [1.29, 1.82) is 0 Å². The molecule has 0 radical (unpaired) electrons. The summed E-state index contributed by atoms with van der Waals surface area (Å²) in [5.74, 6) is 0.880. The molecule has 86 valence electrons. The lowest BCUT2D eigenvalue weighted by atomic mass is 9.90. The summed E-state index contributed by atoms with van der Waals surface area (Å²) in [7, 11) is 2.22. The summed E-state index contributed by atoms with van der Waals surface area (Å²) < 4.78 is 0. The first-order chi connectivity index (χ1) is 7.78. The van der Waals surface area contributed by atoms with E-state index in [1.54, 1.807) is 0 Å². The Hall–Kier alpha value is -1.08. The molecule has 0 N–H and O–H groups in total. The molecule has 1 fully saturated rings. The highest BCUT2D eigenvalue weighted by molar-refractivity contribution is 5.47. The van der Waals surface area contributed by atoms with E-state index in [0.717, 1.165) is 5.92 Å². The molecule has 0 amide bonds. The molecule has 1 heterocycles. The first-order valence-corrected chi connectivity index (χ1v) is 6.18. The van der Waals surface area contributed by atoms with Gasteiger partial charge in [0, 0.05) is 0 Å². The minimum atomic E-state index is 0.880. The molecule has 0 aromatic heterocycles. The van der Waals surface area contributed by atoms with E-state index >= 15 is 0 Å². The van der Waals surface area contributed by atoms with E-state index in [1.807, 2.05) is 6.08 Å². The lowest BCUT2D eigenvalue weighted by Gasteiger charge is -2.28. The van der Waals surface area contributed by atoms with Gasteiger partial charge in [-0.25, -0.2) is 0 Å². The van der Waals surface area contributed by atoms with Gasteiger partial charge in [-0.05, 0) is 56.4 Å². The summed E-state index contributed by atoms with van der Waals surface area (Å²) in [5, 5.41) is 0. The predicted octanol–water partition coefficient (Wildman–Crippen LogP) is 3.21. The number of hydrogen-bond acceptors (Lipinski definition) is 1. The molecule has 2 rings (SSSR count). The predicted molar refractivity (Wildman–Crippen MR) is 70.5 cm³/mol. The Labute approximate surface area is 98.8 Å². The summed E-state index contributed by atoms with van der Waals surface area (Å²) in [6, 6.07) is 8.82. The highest BCUT2D eigenvalue weighted by Crippen LogP contribution is 2.21. The molecule has 0 aliphatic carbocycles. The first-order valence-electron chi connectivity index (χ1n) is 6.18. The minimum Gasteiger partial charge on any atom is -0.306 e. The van der Waals surface area contributed by atoms with Gasteiger partial charge in [0.2, 0.25) is 0 Å². The SMILES string of the molecule is C=Cc1ccc(CC2CCN(C)CC2)cc1. The van der Waals surface area contributed by atoms with E-state index < -0.39 is 0 Å². The van der Waals surface area contributed by atoms with Crippen LogP contribution in [0.1, 0.15) is 24.0 Å². The molecular formula is C15H21N. The Morgan fingerprint density at radius 2 is 1.88 bits per heavy atom. The largest absolute Gasteiger partial charge is 0.306 e. The van der Waals surface area contributed by atoms with Crippen molar-refractivity contribution in [2.75, 3.05) is 20.1 Å². The third-order valence-electron chi connectivity index (χ3n) is 3.58. The van der Waals surface area contributed by atoms with Crippen LogP contribution in [0, 0.1) is 5.92 Å². The van der Waals surface area contributed by atoms with Crippen LogP contribution in [0.5, 0.6) is 0 Å². The van der Waals surface area contributed by atoms with Gasteiger partial charge in [0.1, 0.15) is 0 Å². The van der Waals surface area contributed by atoms with E-state index in [0.29, 0.717) is 0 Å². The highest BCUT2D eigenvalue weighted by atomic mass is 15.1. The van der Waals surface area contributed by atoms with Gasteiger partial charge in [-0.1, -0.05) is 36.9 Å². The zero-order valence-electron chi connectivity index (χ0n) is 10.2. The molecule has 1 aromatic carbocycles. The number of benzene rings is 1. The van der Waals surface area contributed by atoms with Gasteiger partial charge in [0.05, 0.1) is 0 Å². The van der Waals surface area contributed by atoms with Gasteiger partial charge in [0.15, 0.2) is 0 Å².